The van der Waals surface area contributed by atoms with Crippen LogP contribution >= 0.6 is 0 Å². The molecule has 28 heavy (non-hydrogen) atoms. The average Bonchev–Trinajstić information content (AvgIpc) is 2.75. The van der Waals surface area contributed by atoms with Gasteiger partial charge in [0.15, 0.2) is 0 Å². The lowest BCUT2D eigenvalue weighted by atomic mass is 9.95. The highest BCUT2D eigenvalue weighted by molar-refractivity contribution is 5.20. The van der Waals surface area contributed by atoms with Gasteiger partial charge in [-0.3, -0.25) is 4.90 Å². The Morgan fingerprint density at radius 1 is 0.679 bits per heavy atom. The zero-order valence-corrected chi connectivity index (χ0v) is 16.4. The molecule has 3 heteroatoms. The van der Waals surface area contributed by atoms with Gasteiger partial charge in [0.2, 0.25) is 0 Å². The van der Waals surface area contributed by atoms with Crippen LogP contribution in [-0.4, -0.2) is 27.3 Å². The van der Waals surface area contributed by atoms with Gasteiger partial charge >= 0.3 is 0 Å². The number of aliphatic hydroxyl groups excluding tert-OH is 2. The predicted octanol–water partition coefficient (Wildman–Crippen LogP) is 4.56. The van der Waals surface area contributed by atoms with Crippen LogP contribution in [0.25, 0.3) is 0 Å². The van der Waals surface area contributed by atoms with E-state index in [1.54, 1.807) is 0 Å². The van der Waals surface area contributed by atoms with Crippen molar-refractivity contribution in [3.8, 4) is 0 Å². The molecule has 3 aromatic rings. The Hall–Kier alpha value is -2.46. The van der Waals surface area contributed by atoms with E-state index in [2.05, 4.69) is 36.1 Å². The summed E-state index contributed by atoms with van der Waals surface area (Å²) in [6.45, 7) is 3.49. The molecule has 0 aliphatic rings. The Morgan fingerprint density at radius 3 is 1.54 bits per heavy atom. The molecule has 3 rings (SSSR count). The molecule has 3 atom stereocenters. The third-order valence-corrected chi connectivity index (χ3v) is 5.20. The number of nitrogens with zero attached hydrogens (tertiary/aromatic N) is 1. The average molecular weight is 376 g/mol. The highest BCUT2D eigenvalue weighted by Gasteiger charge is 2.31. The number of benzene rings is 3. The van der Waals surface area contributed by atoms with Gasteiger partial charge in [0.05, 0.1) is 6.10 Å². The molecule has 0 saturated carbocycles. The third-order valence-electron chi connectivity index (χ3n) is 5.20. The maximum Gasteiger partial charge on any atom is 0.106 e. The summed E-state index contributed by atoms with van der Waals surface area (Å²) < 4.78 is 0. The topological polar surface area (TPSA) is 43.7 Å². The molecule has 0 spiro atoms. The minimum Gasteiger partial charge on any atom is -0.388 e. The van der Waals surface area contributed by atoms with Crippen molar-refractivity contribution in [2.45, 2.75) is 44.7 Å². The van der Waals surface area contributed by atoms with Gasteiger partial charge in [0.1, 0.15) is 6.10 Å². The summed E-state index contributed by atoms with van der Waals surface area (Å²) in [6.07, 6.45) is -1.05. The fourth-order valence-electron chi connectivity index (χ4n) is 3.70. The van der Waals surface area contributed by atoms with Gasteiger partial charge in [-0.2, -0.15) is 0 Å². The van der Waals surface area contributed by atoms with Gasteiger partial charge in [0.25, 0.3) is 0 Å². The Labute approximate surface area is 167 Å². The standard InChI is InChI=1S/C25H29NO2/c1-2-23(25(28)24(27)22-16-10-5-11-17-22)26(18-20-12-6-3-7-13-20)19-21-14-8-4-9-15-21/h3-17,23-25,27-28H,2,18-19H2,1H3/t23-,24-,25-/m1/s1. The van der Waals surface area contributed by atoms with Crippen LogP contribution in [0.5, 0.6) is 0 Å². The summed E-state index contributed by atoms with van der Waals surface area (Å²) in [7, 11) is 0. The monoisotopic (exact) mass is 375 g/mol. The van der Waals surface area contributed by atoms with Crippen molar-refractivity contribution in [3.63, 3.8) is 0 Å². The van der Waals surface area contributed by atoms with Crippen LogP contribution in [0.3, 0.4) is 0 Å². The van der Waals surface area contributed by atoms with Gasteiger partial charge in [-0.05, 0) is 23.1 Å². The van der Waals surface area contributed by atoms with E-state index < -0.39 is 12.2 Å². The molecule has 0 aliphatic carbocycles. The first-order valence-electron chi connectivity index (χ1n) is 9.92. The lowest BCUT2D eigenvalue weighted by molar-refractivity contribution is -0.0464. The summed E-state index contributed by atoms with van der Waals surface area (Å²) in [4.78, 5) is 2.27. The number of aliphatic hydroxyl groups is 2. The van der Waals surface area contributed by atoms with Gasteiger partial charge < -0.3 is 10.2 Å². The van der Waals surface area contributed by atoms with Crippen LogP contribution in [0, 0.1) is 0 Å². The van der Waals surface area contributed by atoms with Crippen molar-refractivity contribution in [3.05, 3.63) is 108 Å². The van der Waals surface area contributed by atoms with E-state index in [9.17, 15) is 10.2 Å². The van der Waals surface area contributed by atoms with Gasteiger partial charge in [-0.15, -0.1) is 0 Å². The molecule has 0 aliphatic heterocycles. The van der Waals surface area contributed by atoms with Crippen LogP contribution < -0.4 is 0 Å². The predicted molar refractivity (Wildman–Crippen MR) is 114 cm³/mol. The molecule has 0 bridgehead atoms. The molecular formula is C25H29NO2. The Balaban J connectivity index is 1.84. The smallest absolute Gasteiger partial charge is 0.106 e. The quantitative estimate of drug-likeness (QED) is 0.576. The van der Waals surface area contributed by atoms with Crippen LogP contribution in [0.2, 0.25) is 0 Å². The zero-order chi connectivity index (χ0) is 19.8. The zero-order valence-electron chi connectivity index (χ0n) is 16.4. The molecule has 0 fully saturated rings. The fourth-order valence-corrected chi connectivity index (χ4v) is 3.70. The second-order valence-corrected chi connectivity index (χ2v) is 7.20. The van der Waals surface area contributed by atoms with Crippen LogP contribution in [-0.2, 0) is 13.1 Å². The van der Waals surface area contributed by atoms with Crippen molar-refractivity contribution in [2.24, 2.45) is 0 Å². The first-order chi connectivity index (χ1) is 13.7. The molecule has 0 radical (unpaired) electrons. The molecule has 0 aromatic heterocycles. The van der Waals surface area contributed by atoms with Crippen LogP contribution in [0.4, 0.5) is 0 Å². The van der Waals surface area contributed by atoms with Crippen molar-refractivity contribution in [1.82, 2.24) is 4.90 Å². The van der Waals surface area contributed by atoms with Crippen LogP contribution in [0.15, 0.2) is 91.0 Å². The van der Waals surface area contributed by atoms with Crippen molar-refractivity contribution in [1.29, 1.82) is 0 Å². The van der Waals surface area contributed by atoms with E-state index in [0.717, 1.165) is 12.0 Å². The SMILES string of the molecule is CC[C@H]([C@@H](O)[C@H](O)c1ccccc1)N(Cc1ccccc1)Cc1ccccc1. The summed E-state index contributed by atoms with van der Waals surface area (Å²) in [5.41, 5.74) is 3.13. The minimum atomic E-state index is -0.916. The van der Waals surface area contributed by atoms with E-state index in [4.69, 9.17) is 0 Å². The van der Waals surface area contributed by atoms with E-state index in [1.165, 1.54) is 11.1 Å². The van der Waals surface area contributed by atoms with E-state index in [0.29, 0.717) is 13.1 Å². The molecule has 146 valence electrons. The second kappa shape index (κ2) is 10.2. The minimum absolute atomic E-state index is 0.171. The number of hydrogen-bond donors (Lipinski definition) is 2. The summed E-state index contributed by atoms with van der Waals surface area (Å²) in [6, 6.07) is 29.8. The maximum absolute atomic E-state index is 11.1. The summed E-state index contributed by atoms with van der Waals surface area (Å²) in [5, 5.41) is 21.9. The van der Waals surface area contributed by atoms with E-state index in [1.807, 2.05) is 66.7 Å². The van der Waals surface area contributed by atoms with Crippen molar-refractivity contribution in [2.75, 3.05) is 0 Å². The van der Waals surface area contributed by atoms with E-state index >= 15 is 0 Å². The Morgan fingerprint density at radius 2 is 1.11 bits per heavy atom. The van der Waals surface area contributed by atoms with E-state index in [-0.39, 0.29) is 6.04 Å². The molecule has 3 nitrogen and oxygen atoms in total. The van der Waals surface area contributed by atoms with Gasteiger partial charge in [-0.25, -0.2) is 0 Å². The molecule has 0 saturated heterocycles. The molecule has 0 heterocycles. The summed E-state index contributed by atoms with van der Waals surface area (Å²) >= 11 is 0. The molecule has 0 amide bonds. The molecule has 2 N–H and O–H groups in total. The number of rotatable bonds is 9. The largest absolute Gasteiger partial charge is 0.388 e. The highest BCUT2D eigenvalue weighted by atomic mass is 16.3. The fraction of sp³-hybridized carbons (Fsp3) is 0.280. The normalized spacial score (nSPS) is 14.6. The van der Waals surface area contributed by atoms with Gasteiger partial charge in [-0.1, -0.05) is 97.9 Å². The van der Waals surface area contributed by atoms with Crippen molar-refractivity contribution >= 4 is 0 Å². The third kappa shape index (κ3) is 5.29. The maximum atomic E-state index is 11.1. The van der Waals surface area contributed by atoms with Crippen LogP contribution in [0.1, 0.15) is 36.1 Å². The second-order valence-electron chi connectivity index (χ2n) is 7.20. The lowest BCUT2D eigenvalue weighted by Crippen LogP contribution is -2.45. The van der Waals surface area contributed by atoms with Crippen molar-refractivity contribution < 1.29 is 10.2 Å². The summed E-state index contributed by atoms with van der Waals surface area (Å²) in [5.74, 6) is 0. The molecular weight excluding hydrogens is 346 g/mol. The first kappa shape index (κ1) is 20.3. The Bertz CT molecular complexity index is 766. The Kier molecular flexibility index (Phi) is 7.38. The molecule has 3 aromatic carbocycles. The van der Waals surface area contributed by atoms with Gasteiger partial charge in [0, 0.05) is 19.1 Å². The highest BCUT2D eigenvalue weighted by Crippen LogP contribution is 2.25. The lowest BCUT2D eigenvalue weighted by Gasteiger charge is -2.36. The molecule has 0 unspecified atom stereocenters. The first-order valence-corrected chi connectivity index (χ1v) is 9.92. The number of hydrogen-bond acceptors (Lipinski definition) is 3.